The fourth-order valence-corrected chi connectivity index (χ4v) is 5.10. The number of esters is 5. The summed E-state index contributed by atoms with van der Waals surface area (Å²) in [5, 5.41) is 0.249. The van der Waals surface area contributed by atoms with E-state index < -0.39 is 78.5 Å². The first-order valence-electron chi connectivity index (χ1n) is 16.0. The minimum absolute atomic E-state index is 0.0115. The van der Waals surface area contributed by atoms with E-state index in [1.807, 2.05) is 19.1 Å². The van der Waals surface area contributed by atoms with Gasteiger partial charge < -0.3 is 42.3 Å². The lowest BCUT2D eigenvalue weighted by atomic mass is 9.98. The third kappa shape index (κ3) is 10.4. The molecule has 15 nitrogen and oxygen atoms in total. The molecule has 0 saturated carbocycles. The molecule has 0 N–H and O–H groups in total. The molecule has 2 aromatic carbocycles. The van der Waals surface area contributed by atoms with Crippen LogP contribution >= 0.6 is 0 Å². The molecule has 51 heavy (non-hydrogen) atoms. The monoisotopic (exact) mass is 710 g/mol. The van der Waals surface area contributed by atoms with E-state index in [2.05, 4.69) is 0 Å². The second kappa shape index (κ2) is 17.8. The second-order valence-electron chi connectivity index (χ2n) is 11.2. The second-order valence-corrected chi connectivity index (χ2v) is 11.2. The van der Waals surface area contributed by atoms with Crippen molar-refractivity contribution in [2.75, 3.05) is 13.2 Å². The van der Waals surface area contributed by atoms with E-state index in [0.717, 1.165) is 34.1 Å². The lowest BCUT2D eigenvalue weighted by molar-refractivity contribution is -0.288. The number of ether oxygens (including phenoxy) is 8. The molecule has 1 aliphatic rings. The summed E-state index contributed by atoms with van der Waals surface area (Å²) in [7, 11) is 0. The Morgan fingerprint density at radius 1 is 0.784 bits per heavy atom. The van der Waals surface area contributed by atoms with Crippen molar-refractivity contribution in [2.24, 2.45) is 0 Å². The molecule has 15 heteroatoms. The molecular weight excluding hydrogens is 672 g/mol. The minimum Gasteiger partial charge on any atom is -0.488 e. The molecule has 1 aromatic heterocycles. The van der Waals surface area contributed by atoms with Crippen LogP contribution < -0.4 is 19.8 Å². The van der Waals surface area contributed by atoms with Gasteiger partial charge in [0.1, 0.15) is 24.0 Å². The SMILES string of the molecule is CCC=CCCOc1c(OC(=O)c2ccccc2)c(=O)oc2cc(O[C@H]3O[C@H](COC(C)=O)[C@@H](OC(C)=O)[C@H](OC(C)=O)[C@@H]3OC(C)=O)ccc12. The zero-order valence-corrected chi connectivity index (χ0v) is 28.6. The average molecular weight is 711 g/mol. The maximum atomic E-state index is 13.3. The Labute approximate surface area is 292 Å². The van der Waals surface area contributed by atoms with Gasteiger partial charge in [-0.05, 0) is 37.1 Å². The summed E-state index contributed by atoms with van der Waals surface area (Å²) in [6.45, 7) is 6.11. The van der Waals surface area contributed by atoms with Crippen LogP contribution in [0.4, 0.5) is 0 Å². The van der Waals surface area contributed by atoms with Crippen LogP contribution in [-0.4, -0.2) is 73.8 Å². The first-order valence-corrected chi connectivity index (χ1v) is 16.0. The minimum atomic E-state index is -1.54. The van der Waals surface area contributed by atoms with Crippen LogP contribution in [0.15, 0.2) is 69.9 Å². The van der Waals surface area contributed by atoms with Crippen molar-refractivity contribution in [3.8, 4) is 17.2 Å². The van der Waals surface area contributed by atoms with Gasteiger partial charge in [-0.1, -0.05) is 37.3 Å². The maximum absolute atomic E-state index is 13.3. The summed E-state index contributed by atoms with van der Waals surface area (Å²) in [6, 6.07) is 12.3. The number of rotatable bonds is 14. The van der Waals surface area contributed by atoms with E-state index in [1.54, 1.807) is 18.2 Å². The lowest BCUT2D eigenvalue weighted by Gasteiger charge is -2.43. The van der Waals surface area contributed by atoms with Crippen LogP contribution in [-0.2, 0) is 42.9 Å². The maximum Gasteiger partial charge on any atom is 0.383 e. The highest BCUT2D eigenvalue weighted by molar-refractivity contribution is 5.93. The number of hydrogen-bond acceptors (Lipinski definition) is 15. The van der Waals surface area contributed by atoms with Crippen LogP contribution in [0.3, 0.4) is 0 Å². The normalized spacial score (nSPS) is 19.9. The van der Waals surface area contributed by atoms with Gasteiger partial charge in [-0.25, -0.2) is 9.59 Å². The van der Waals surface area contributed by atoms with Crippen molar-refractivity contribution >= 4 is 40.8 Å². The topological polar surface area (TPSA) is 189 Å². The van der Waals surface area contributed by atoms with Gasteiger partial charge in [-0.3, -0.25) is 19.2 Å². The highest BCUT2D eigenvalue weighted by Crippen LogP contribution is 2.37. The van der Waals surface area contributed by atoms with Gasteiger partial charge in [0.2, 0.25) is 12.4 Å². The van der Waals surface area contributed by atoms with Crippen LogP contribution in [0.25, 0.3) is 11.0 Å². The summed E-state index contributed by atoms with van der Waals surface area (Å²) >= 11 is 0. The van der Waals surface area contributed by atoms with Crippen molar-refractivity contribution < 1.29 is 66.3 Å². The lowest BCUT2D eigenvalue weighted by Crippen LogP contribution is -2.63. The molecular formula is C36H38O15. The molecule has 1 saturated heterocycles. The molecule has 1 aliphatic heterocycles. The van der Waals surface area contributed by atoms with Crippen molar-refractivity contribution in [1.29, 1.82) is 0 Å². The van der Waals surface area contributed by atoms with E-state index in [4.69, 9.17) is 42.3 Å². The molecule has 0 aliphatic carbocycles. The van der Waals surface area contributed by atoms with E-state index in [1.165, 1.54) is 30.3 Å². The Morgan fingerprint density at radius 2 is 1.45 bits per heavy atom. The summed E-state index contributed by atoms with van der Waals surface area (Å²) in [4.78, 5) is 74.3. The molecule has 4 rings (SSSR count). The average Bonchev–Trinajstić information content (AvgIpc) is 3.07. The van der Waals surface area contributed by atoms with Gasteiger partial charge in [0.05, 0.1) is 17.6 Å². The molecule has 0 spiro atoms. The fraction of sp³-hybridized carbons (Fsp3) is 0.389. The van der Waals surface area contributed by atoms with Crippen molar-refractivity contribution in [2.45, 2.75) is 78.2 Å². The Morgan fingerprint density at radius 3 is 2.10 bits per heavy atom. The predicted octanol–water partition coefficient (Wildman–Crippen LogP) is 4.21. The molecule has 0 radical (unpaired) electrons. The van der Waals surface area contributed by atoms with Gasteiger partial charge in [-0.15, -0.1) is 0 Å². The van der Waals surface area contributed by atoms with Crippen molar-refractivity contribution in [3.63, 3.8) is 0 Å². The first kappa shape index (κ1) is 38.1. The van der Waals surface area contributed by atoms with E-state index >= 15 is 0 Å². The summed E-state index contributed by atoms with van der Waals surface area (Å²) in [5.74, 6) is -4.38. The van der Waals surface area contributed by atoms with Gasteiger partial charge >= 0.3 is 35.5 Å². The predicted molar refractivity (Wildman–Crippen MR) is 176 cm³/mol. The number of allylic oxidation sites excluding steroid dienone is 1. The van der Waals surface area contributed by atoms with Crippen molar-refractivity contribution in [1.82, 2.24) is 0 Å². The van der Waals surface area contributed by atoms with Crippen LogP contribution in [0.5, 0.6) is 17.2 Å². The van der Waals surface area contributed by atoms with Crippen LogP contribution in [0.1, 0.15) is 57.8 Å². The Kier molecular flexibility index (Phi) is 13.3. The summed E-state index contributed by atoms with van der Waals surface area (Å²) < 4.78 is 50.5. The highest BCUT2D eigenvalue weighted by Gasteiger charge is 2.53. The van der Waals surface area contributed by atoms with Gasteiger partial charge in [-0.2, -0.15) is 0 Å². The van der Waals surface area contributed by atoms with Crippen LogP contribution in [0.2, 0.25) is 0 Å². The Balaban J connectivity index is 1.74. The zero-order chi connectivity index (χ0) is 37.1. The summed E-state index contributed by atoms with van der Waals surface area (Å²) in [5.41, 5.74) is -0.862. The molecule has 272 valence electrons. The zero-order valence-electron chi connectivity index (χ0n) is 28.6. The molecule has 5 atom stereocenters. The summed E-state index contributed by atoms with van der Waals surface area (Å²) in [6.07, 6.45) is -1.96. The fourth-order valence-electron chi connectivity index (χ4n) is 5.10. The Bertz CT molecular complexity index is 1810. The van der Waals surface area contributed by atoms with Gasteiger partial charge in [0.15, 0.2) is 18.0 Å². The van der Waals surface area contributed by atoms with Crippen molar-refractivity contribution in [3.05, 3.63) is 76.7 Å². The number of carbonyl (C=O) groups excluding carboxylic acids is 5. The van der Waals surface area contributed by atoms with Crippen LogP contribution in [0, 0.1) is 0 Å². The standard InChI is InChI=1S/C36H38O15/c1-6-7-8-12-17-43-29-26-16-15-25(18-27(26)49-35(42)32(29)51-34(41)24-13-10-9-11-14-24)48-36-33(47-23(5)40)31(46-22(4)39)30(45-21(3)38)28(50-36)19-44-20(2)37/h7-11,13-16,18,28,30-31,33,36H,6,12,17,19H2,1-5H3/t28-,30-,31+,33+,36+/m1/s1. The van der Waals surface area contributed by atoms with E-state index in [-0.39, 0.29) is 34.6 Å². The van der Waals surface area contributed by atoms with Gasteiger partial charge in [0, 0.05) is 33.8 Å². The van der Waals surface area contributed by atoms with E-state index in [0.29, 0.717) is 6.42 Å². The number of fused-ring (bicyclic) bond motifs is 1. The molecule has 0 unspecified atom stereocenters. The molecule has 0 amide bonds. The third-order valence-corrected chi connectivity index (χ3v) is 7.13. The highest BCUT2D eigenvalue weighted by atomic mass is 16.7. The number of carbonyl (C=O) groups is 5. The molecule has 1 fully saturated rings. The Hall–Kier alpha value is -5.70. The molecule has 3 aromatic rings. The number of benzene rings is 2. The largest absolute Gasteiger partial charge is 0.488 e. The molecule has 2 heterocycles. The van der Waals surface area contributed by atoms with Gasteiger partial charge in [0.25, 0.3) is 5.75 Å². The first-order chi connectivity index (χ1) is 24.4. The smallest absolute Gasteiger partial charge is 0.383 e. The quantitative estimate of drug-likeness (QED) is 0.0760. The third-order valence-electron chi connectivity index (χ3n) is 7.13. The number of hydrogen-bond donors (Lipinski definition) is 0. The molecule has 0 bridgehead atoms. The van der Waals surface area contributed by atoms with E-state index in [9.17, 15) is 28.8 Å².